The second-order valence-electron chi connectivity index (χ2n) is 19.9. The smallest absolute Gasteiger partial charge is 0.306 e. The maximum atomic E-state index is 12.8. The molecule has 1 atom stereocenters. The van der Waals surface area contributed by atoms with Gasteiger partial charge in [-0.1, -0.05) is 259 Å². The van der Waals surface area contributed by atoms with Crippen molar-refractivity contribution in [3.63, 3.8) is 0 Å². The molecule has 0 fully saturated rings. The van der Waals surface area contributed by atoms with Gasteiger partial charge in [0.1, 0.15) is 13.2 Å². The van der Waals surface area contributed by atoms with Crippen LogP contribution in [0.2, 0.25) is 0 Å². The maximum absolute atomic E-state index is 12.8. The van der Waals surface area contributed by atoms with Crippen LogP contribution in [0.4, 0.5) is 0 Å². The highest BCUT2D eigenvalue weighted by molar-refractivity contribution is 5.71. The van der Waals surface area contributed by atoms with Crippen LogP contribution in [-0.4, -0.2) is 37.2 Å². The molecule has 0 amide bonds. The number of allylic oxidation sites excluding steroid dienone is 16. The Morgan fingerprint density at radius 2 is 0.542 bits per heavy atom. The maximum Gasteiger partial charge on any atom is 0.306 e. The molecule has 0 radical (unpaired) electrons. The van der Waals surface area contributed by atoms with Crippen LogP contribution >= 0.6 is 0 Å². The molecule has 0 aromatic carbocycles. The molecule has 0 aromatic heterocycles. The van der Waals surface area contributed by atoms with Crippen molar-refractivity contribution in [3.05, 3.63) is 97.2 Å². The van der Waals surface area contributed by atoms with Gasteiger partial charge in [0.05, 0.1) is 0 Å². The molecule has 6 nitrogen and oxygen atoms in total. The summed E-state index contributed by atoms with van der Waals surface area (Å²) >= 11 is 0. The van der Waals surface area contributed by atoms with Crippen LogP contribution in [0, 0.1) is 0 Å². The lowest BCUT2D eigenvalue weighted by atomic mass is 10.0. The van der Waals surface area contributed by atoms with Crippen LogP contribution < -0.4 is 0 Å². The molecule has 72 heavy (non-hydrogen) atoms. The van der Waals surface area contributed by atoms with Crippen LogP contribution in [0.3, 0.4) is 0 Å². The van der Waals surface area contributed by atoms with E-state index in [1.807, 2.05) is 0 Å². The third-order valence-electron chi connectivity index (χ3n) is 12.8. The first kappa shape index (κ1) is 68.3. The van der Waals surface area contributed by atoms with E-state index in [4.69, 9.17) is 14.2 Å². The molecule has 0 aliphatic rings. The zero-order valence-electron chi connectivity index (χ0n) is 47.2. The van der Waals surface area contributed by atoms with E-state index in [0.29, 0.717) is 19.3 Å². The van der Waals surface area contributed by atoms with E-state index in [0.717, 1.165) is 116 Å². The monoisotopic (exact) mass is 1000 g/mol. The van der Waals surface area contributed by atoms with Gasteiger partial charge in [-0.2, -0.15) is 0 Å². The molecule has 0 aliphatic carbocycles. The molecule has 0 aromatic rings. The van der Waals surface area contributed by atoms with Gasteiger partial charge < -0.3 is 14.2 Å². The van der Waals surface area contributed by atoms with E-state index in [-0.39, 0.29) is 31.1 Å². The number of carbonyl (C=O) groups is 3. The summed E-state index contributed by atoms with van der Waals surface area (Å²) in [5.74, 6) is -0.891. The number of hydrogen-bond donors (Lipinski definition) is 0. The molecule has 0 heterocycles. The van der Waals surface area contributed by atoms with Gasteiger partial charge in [-0.25, -0.2) is 0 Å². The van der Waals surface area contributed by atoms with E-state index in [1.54, 1.807) is 0 Å². The third-order valence-corrected chi connectivity index (χ3v) is 12.8. The molecule has 412 valence electrons. The van der Waals surface area contributed by atoms with Crippen LogP contribution in [0.5, 0.6) is 0 Å². The summed E-state index contributed by atoms with van der Waals surface area (Å²) < 4.78 is 16.8. The van der Waals surface area contributed by atoms with E-state index >= 15 is 0 Å². The van der Waals surface area contributed by atoms with E-state index < -0.39 is 6.10 Å². The standard InChI is InChI=1S/C66H112O6/c1-4-7-10-13-16-19-21-23-24-25-26-27-28-29-30-31-32-33-34-35-36-37-38-39-40-41-42-44-45-47-50-53-56-59-65(68)71-62-63(61-70-64(67)58-55-52-49-18-15-12-9-6-3)72-66(69)60-57-54-51-48-46-43-22-20-17-14-11-8-5-2/h7,10,16,19-20,22-24,26-27,29-30,32-33,35-36,63H,4-6,8-9,11-15,17-18,21,25,28,31,34,37-62H2,1-3H3/b10-7-,19-16-,22-20-,24-23-,27-26-,30-29-,33-32-,36-35-. The third kappa shape index (κ3) is 57.2. The molecule has 0 bridgehead atoms. The summed E-state index contributed by atoms with van der Waals surface area (Å²) in [5, 5.41) is 0. The average Bonchev–Trinajstić information content (AvgIpc) is 3.38. The SMILES string of the molecule is CC/C=C\C/C=C\C/C=C\C/C=C\C/C=C\C/C=C\C/C=C\CCCCCCCCCCCCCC(=O)OCC(COC(=O)CCCCCCCCCC)OC(=O)CCCCCCC/C=C\CCCCCC. The highest BCUT2D eigenvalue weighted by Crippen LogP contribution is 2.15. The second kappa shape index (κ2) is 59.9. The van der Waals surface area contributed by atoms with E-state index in [1.165, 1.54) is 128 Å². The molecular weight excluding hydrogens is 889 g/mol. The summed E-state index contributed by atoms with van der Waals surface area (Å²) in [7, 11) is 0. The number of hydrogen-bond acceptors (Lipinski definition) is 6. The van der Waals surface area contributed by atoms with Crippen molar-refractivity contribution in [1.29, 1.82) is 0 Å². The summed E-state index contributed by atoms with van der Waals surface area (Å²) in [6, 6.07) is 0. The largest absolute Gasteiger partial charge is 0.462 e. The molecule has 0 N–H and O–H groups in total. The first-order valence-electron chi connectivity index (χ1n) is 30.2. The average molecular weight is 1000 g/mol. The highest BCUT2D eigenvalue weighted by Gasteiger charge is 2.19. The van der Waals surface area contributed by atoms with Crippen molar-refractivity contribution in [1.82, 2.24) is 0 Å². The highest BCUT2D eigenvalue weighted by atomic mass is 16.6. The first-order valence-corrected chi connectivity index (χ1v) is 30.2. The Labute approximate surface area is 445 Å². The van der Waals surface area contributed by atoms with Crippen molar-refractivity contribution in [2.45, 2.75) is 290 Å². The molecule has 6 heteroatoms. The molecule has 1 unspecified atom stereocenters. The molecule has 0 rings (SSSR count). The number of carbonyl (C=O) groups excluding carboxylic acids is 3. The predicted octanol–water partition coefficient (Wildman–Crippen LogP) is 20.5. The van der Waals surface area contributed by atoms with Crippen LogP contribution in [0.15, 0.2) is 97.2 Å². The van der Waals surface area contributed by atoms with Gasteiger partial charge in [-0.3, -0.25) is 14.4 Å². The van der Waals surface area contributed by atoms with Crippen LogP contribution in [-0.2, 0) is 28.6 Å². The number of rotatable bonds is 54. The minimum atomic E-state index is -0.779. The van der Waals surface area contributed by atoms with Crippen molar-refractivity contribution >= 4 is 17.9 Å². The van der Waals surface area contributed by atoms with Gasteiger partial charge in [0.2, 0.25) is 0 Å². The number of esters is 3. The molecule has 0 saturated carbocycles. The van der Waals surface area contributed by atoms with Gasteiger partial charge in [0.25, 0.3) is 0 Å². The summed E-state index contributed by atoms with van der Waals surface area (Å²) in [4.78, 5) is 38.0. The zero-order valence-corrected chi connectivity index (χ0v) is 47.2. The molecule has 0 saturated heterocycles. The Balaban J connectivity index is 4.10. The van der Waals surface area contributed by atoms with Gasteiger partial charge >= 0.3 is 17.9 Å². The molecule has 0 spiro atoms. The lowest BCUT2D eigenvalue weighted by Crippen LogP contribution is -2.30. The molecular formula is C66H112O6. The Hall–Kier alpha value is -3.67. The van der Waals surface area contributed by atoms with Crippen molar-refractivity contribution in [2.75, 3.05) is 13.2 Å². The zero-order chi connectivity index (χ0) is 52.2. The van der Waals surface area contributed by atoms with Crippen LogP contribution in [0.1, 0.15) is 284 Å². The Bertz CT molecular complexity index is 1430. The predicted molar refractivity (Wildman–Crippen MR) is 311 cm³/mol. The minimum absolute atomic E-state index is 0.0787. The quantitative estimate of drug-likeness (QED) is 0.0261. The van der Waals surface area contributed by atoms with Gasteiger partial charge in [-0.15, -0.1) is 0 Å². The van der Waals surface area contributed by atoms with Gasteiger partial charge in [-0.05, 0) is 103 Å². The molecule has 0 aliphatic heterocycles. The van der Waals surface area contributed by atoms with Crippen molar-refractivity contribution in [3.8, 4) is 0 Å². The summed E-state index contributed by atoms with van der Waals surface area (Å²) in [5.41, 5.74) is 0. The first-order chi connectivity index (χ1) is 35.5. The van der Waals surface area contributed by atoms with Crippen molar-refractivity contribution in [2.24, 2.45) is 0 Å². The van der Waals surface area contributed by atoms with Crippen molar-refractivity contribution < 1.29 is 28.6 Å². The minimum Gasteiger partial charge on any atom is -0.462 e. The summed E-state index contributed by atoms with van der Waals surface area (Å²) in [6.45, 7) is 6.48. The fourth-order valence-electron chi connectivity index (χ4n) is 8.30. The number of ether oxygens (including phenoxy) is 3. The normalized spacial score (nSPS) is 12.8. The van der Waals surface area contributed by atoms with E-state index in [9.17, 15) is 14.4 Å². The number of unbranched alkanes of at least 4 members (excludes halogenated alkanes) is 27. The fourth-order valence-corrected chi connectivity index (χ4v) is 8.30. The Morgan fingerprint density at radius 1 is 0.292 bits per heavy atom. The second-order valence-corrected chi connectivity index (χ2v) is 19.9. The Kier molecular flexibility index (Phi) is 56.8. The van der Waals surface area contributed by atoms with Gasteiger partial charge in [0, 0.05) is 19.3 Å². The van der Waals surface area contributed by atoms with E-state index in [2.05, 4.69) is 118 Å². The summed E-state index contributed by atoms with van der Waals surface area (Å²) in [6.07, 6.45) is 80.0. The fraction of sp³-hybridized carbons (Fsp3) is 0.712. The Morgan fingerprint density at radius 3 is 0.875 bits per heavy atom. The van der Waals surface area contributed by atoms with Crippen LogP contribution in [0.25, 0.3) is 0 Å². The van der Waals surface area contributed by atoms with Gasteiger partial charge in [0.15, 0.2) is 6.10 Å². The lowest BCUT2D eigenvalue weighted by Gasteiger charge is -2.18. The topological polar surface area (TPSA) is 78.9 Å². The lowest BCUT2D eigenvalue weighted by molar-refractivity contribution is -0.167.